The molecule has 4 heterocycles. The fraction of sp³-hybridized carbons (Fsp3) is 0.444. The molecule has 4 atom stereocenters. The van der Waals surface area contributed by atoms with E-state index in [2.05, 4.69) is 38.3 Å². The molecule has 3 saturated heterocycles. The van der Waals surface area contributed by atoms with E-state index in [4.69, 9.17) is 4.74 Å². The van der Waals surface area contributed by atoms with Crippen LogP contribution in [0.1, 0.15) is 37.3 Å². The molecule has 2 spiro atoms. The lowest BCUT2D eigenvalue weighted by Gasteiger charge is -2.39. The molecule has 0 bridgehead atoms. The number of halogens is 2. The highest BCUT2D eigenvalue weighted by Gasteiger charge is 2.66. The molecule has 8 nitrogen and oxygen atoms in total. The quantitative estimate of drug-likeness (QED) is 0.227. The number of hydrogen-bond donors (Lipinski definition) is 2. The number of amides is 2. The molecule has 3 fully saturated rings. The summed E-state index contributed by atoms with van der Waals surface area (Å²) in [5.41, 5.74) is 1.90. The van der Waals surface area contributed by atoms with Gasteiger partial charge in [0, 0.05) is 39.5 Å². The highest BCUT2D eigenvalue weighted by molar-refractivity contribution is 9.10. The molecule has 4 aliphatic heterocycles. The van der Waals surface area contributed by atoms with E-state index in [9.17, 15) is 14.7 Å². The van der Waals surface area contributed by atoms with Crippen LogP contribution >= 0.6 is 15.9 Å². The highest BCUT2D eigenvalue weighted by Crippen LogP contribution is 2.60. The van der Waals surface area contributed by atoms with Gasteiger partial charge >= 0.3 is 0 Å². The number of anilines is 3. The summed E-state index contributed by atoms with van der Waals surface area (Å²) in [6.45, 7) is 7.48. The largest absolute Gasteiger partial charge is 0.396 e. The van der Waals surface area contributed by atoms with E-state index in [0.29, 0.717) is 13.2 Å². The molecule has 7 rings (SSSR count). The normalized spacial score (nSPS) is 27.0. The van der Waals surface area contributed by atoms with E-state index in [-0.39, 0.29) is 24.8 Å². The maximum atomic E-state index is 15.8. The predicted octanol–water partition coefficient (Wildman–Crippen LogP) is 6.09. The van der Waals surface area contributed by atoms with Crippen LogP contribution < -0.4 is 20.0 Å². The molecule has 0 saturated carbocycles. The number of ether oxygens (including phenoxy) is 1. The fourth-order valence-electron chi connectivity index (χ4n) is 8.70. The van der Waals surface area contributed by atoms with Crippen molar-refractivity contribution in [1.29, 1.82) is 0 Å². The molecular weight excluding hydrogens is 679 g/mol. The van der Waals surface area contributed by atoms with Gasteiger partial charge in [0.2, 0.25) is 8.41 Å². The van der Waals surface area contributed by atoms with Crippen LogP contribution in [-0.2, 0) is 26.5 Å². The number of benzene rings is 3. The minimum absolute atomic E-state index is 0.116. The zero-order valence-electron chi connectivity index (χ0n) is 27.1. The van der Waals surface area contributed by atoms with Crippen molar-refractivity contribution in [1.82, 2.24) is 5.32 Å². The molecule has 248 valence electrons. The molecule has 4 aliphatic rings. The Morgan fingerprint density at radius 3 is 2.36 bits per heavy atom. The number of carbonyl (C=O) groups excluding carboxylic acids is 2. The summed E-state index contributed by atoms with van der Waals surface area (Å²) in [4.78, 5) is 34.6. The zero-order chi connectivity index (χ0) is 33.1. The van der Waals surface area contributed by atoms with Crippen molar-refractivity contribution >= 4 is 53.2 Å². The molecule has 47 heavy (non-hydrogen) atoms. The maximum Gasteiger partial charge on any atom is 0.264 e. The molecular formula is C36H42BrFN4O4Si. The van der Waals surface area contributed by atoms with Crippen molar-refractivity contribution in [3.8, 4) is 0 Å². The summed E-state index contributed by atoms with van der Waals surface area (Å²) in [6, 6.07) is 23.8. The van der Waals surface area contributed by atoms with Crippen molar-refractivity contribution in [2.24, 2.45) is 5.92 Å². The summed E-state index contributed by atoms with van der Waals surface area (Å²) < 4.78 is 23.3. The number of piperidine rings is 1. The SMILES string of the molecule is C[C@@H]1[C@@H]([Si](C)(C)F)[C@H](CCO)O[C@@]12C(=O)N(Cc1ccc(N3CN(c4ccccc4)C4(CCNCC4)C3=O)cc1)c1ccc(Br)cc12. The van der Waals surface area contributed by atoms with Gasteiger partial charge in [-0.3, -0.25) is 14.5 Å². The van der Waals surface area contributed by atoms with Crippen molar-refractivity contribution in [2.45, 2.75) is 68.6 Å². The van der Waals surface area contributed by atoms with Gasteiger partial charge in [-0.25, -0.2) is 0 Å². The molecule has 11 heteroatoms. The third-order valence-corrected chi connectivity index (χ3v) is 13.8. The van der Waals surface area contributed by atoms with Crippen LogP contribution in [0.2, 0.25) is 18.6 Å². The molecule has 2 amide bonds. The van der Waals surface area contributed by atoms with Gasteiger partial charge in [0.15, 0.2) is 5.60 Å². The monoisotopic (exact) mass is 720 g/mol. The van der Waals surface area contributed by atoms with Gasteiger partial charge in [-0.05, 0) is 93.5 Å². The Balaban J connectivity index is 1.18. The summed E-state index contributed by atoms with van der Waals surface area (Å²) in [7, 11) is -3.27. The molecule has 0 aliphatic carbocycles. The lowest BCUT2D eigenvalue weighted by atomic mass is 9.82. The Labute approximate surface area is 285 Å². The van der Waals surface area contributed by atoms with Gasteiger partial charge in [-0.15, -0.1) is 0 Å². The first-order valence-corrected chi connectivity index (χ1v) is 20.3. The lowest BCUT2D eigenvalue weighted by Crippen LogP contribution is -2.55. The van der Waals surface area contributed by atoms with Crippen LogP contribution in [0.5, 0.6) is 0 Å². The van der Waals surface area contributed by atoms with Crippen molar-refractivity contribution in [2.75, 3.05) is 41.1 Å². The van der Waals surface area contributed by atoms with Crippen LogP contribution in [-0.4, -0.2) is 63.3 Å². The van der Waals surface area contributed by atoms with E-state index < -0.39 is 37.1 Å². The number of carbonyl (C=O) groups is 2. The third kappa shape index (κ3) is 5.16. The molecule has 3 aromatic rings. The van der Waals surface area contributed by atoms with Crippen LogP contribution in [0.15, 0.2) is 77.3 Å². The molecule has 0 unspecified atom stereocenters. The standard InChI is InChI=1S/C36H42BrFN4O4Si/c1-24-32(47(2,3)38)31(15-20-43)46-36(24)29-21-26(37)11-14-30(29)40(34(36)45)22-25-9-12-27(13-10-25)41-23-42(28-7-5-4-6-8-28)35(33(41)44)16-18-39-19-17-35/h4-14,21,24,31-32,39,43H,15-20,22-23H2,1-3H3/t24-,31+,32-,36+/m1/s1. The van der Waals surface area contributed by atoms with E-state index in [1.54, 1.807) is 18.0 Å². The van der Waals surface area contributed by atoms with Crippen LogP contribution in [0.25, 0.3) is 0 Å². The predicted molar refractivity (Wildman–Crippen MR) is 188 cm³/mol. The van der Waals surface area contributed by atoms with Crippen LogP contribution in [0.4, 0.5) is 21.2 Å². The average molecular weight is 722 g/mol. The molecule has 0 aromatic heterocycles. The Kier molecular flexibility index (Phi) is 8.36. The number of nitrogens with zero attached hydrogens (tertiary/aromatic N) is 3. The fourth-order valence-corrected chi connectivity index (χ4v) is 11.6. The minimum Gasteiger partial charge on any atom is -0.396 e. The van der Waals surface area contributed by atoms with Crippen LogP contribution in [0, 0.1) is 5.92 Å². The van der Waals surface area contributed by atoms with E-state index in [0.717, 1.165) is 58.6 Å². The van der Waals surface area contributed by atoms with Gasteiger partial charge in [0.25, 0.3) is 11.8 Å². The number of aliphatic hydroxyl groups excluding tert-OH is 1. The van der Waals surface area contributed by atoms with Crippen molar-refractivity contribution in [3.05, 3.63) is 88.4 Å². The Hall–Kier alpha value is -3.09. The van der Waals surface area contributed by atoms with E-state index in [1.165, 1.54) is 0 Å². The van der Waals surface area contributed by atoms with E-state index >= 15 is 4.11 Å². The number of hydrogen-bond acceptors (Lipinski definition) is 6. The number of rotatable bonds is 7. The smallest absolute Gasteiger partial charge is 0.264 e. The maximum absolute atomic E-state index is 15.8. The van der Waals surface area contributed by atoms with Gasteiger partial charge in [-0.1, -0.05) is 53.2 Å². The molecule has 0 radical (unpaired) electrons. The van der Waals surface area contributed by atoms with Gasteiger partial charge < -0.3 is 29.1 Å². The second-order valence-electron chi connectivity index (χ2n) is 13.9. The van der Waals surface area contributed by atoms with Gasteiger partial charge in [-0.2, -0.15) is 0 Å². The minimum atomic E-state index is -3.27. The first-order valence-electron chi connectivity index (χ1n) is 16.6. The Morgan fingerprint density at radius 1 is 1.00 bits per heavy atom. The van der Waals surface area contributed by atoms with Crippen molar-refractivity contribution in [3.63, 3.8) is 0 Å². The molecule has 2 N–H and O–H groups in total. The van der Waals surface area contributed by atoms with E-state index in [1.807, 2.05) is 72.5 Å². The topological polar surface area (TPSA) is 85.3 Å². The summed E-state index contributed by atoms with van der Waals surface area (Å²) in [5, 5.41) is 13.2. The molecule has 3 aromatic carbocycles. The zero-order valence-corrected chi connectivity index (χ0v) is 29.7. The van der Waals surface area contributed by atoms with Crippen LogP contribution in [0.3, 0.4) is 0 Å². The number of para-hydroxylation sites is 1. The Bertz CT molecular complexity index is 1670. The number of aliphatic hydroxyl groups is 1. The van der Waals surface area contributed by atoms with Gasteiger partial charge in [0.05, 0.1) is 25.0 Å². The number of fused-ring (bicyclic) bond motifs is 2. The highest BCUT2D eigenvalue weighted by atomic mass is 79.9. The first-order chi connectivity index (χ1) is 22.5. The second kappa shape index (κ2) is 12.1. The Morgan fingerprint density at radius 2 is 1.70 bits per heavy atom. The second-order valence-corrected chi connectivity index (χ2v) is 18.6. The lowest BCUT2D eigenvalue weighted by molar-refractivity contribution is -0.146. The first kappa shape index (κ1) is 32.5. The summed E-state index contributed by atoms with van der Waals surface area (Å²) in [6.07, 6.45) is 1.22. The van der Waals surface area contributed by atoms with Crippen molar-refractivity contribution < 1.29 is 23.5 Å². The summed E-state index contributed by atoms with van der Waals surface area (Å²) in [5.74, 6) is -0.493. The third-order valence-electron chi connectivity index (χ3n) is 10.9. The summed E-state index contributed by atoms with van der Waals surface area (Å²) >= 11 is 3.58. The van der Waals surface area contributed by atoms with Gasteiger partial charge in [0.1, 0.15) is 5.54 Å². The number of nitrogens with one attached hydrogen (secondary N) is 1. The average Bonchev–Trinajstić information content (AvgIpc) is 3.60.